The summed E-state index contributed by atoms with van der Waals surface area (Å²) in [5.74, 6) is -0.192. The molecule has 2 saturated heterocycles. The molecule has 0 spiro atoms. The summed E-state index contributed by atoms with van der Waals surface area (Å²) in [6, 6.07) is 9.83. The fraction of sp³-hybridized carbons (Fsp3) is 0.579. The van der Waals surface area contributed by atoms with Gasteiger partial charge in [-0.05, 0) is 12.5 Å². The number of morpholine rings is 1. The lowest BCUT2D eigenvalue weighted by atomic mass is 10.1. The van der Waals surface area contributed by atoms with E-state index in [2.05, 4.69) is 10.2 Å². The zero-order valence-electron chi connectivity index (χ0n) is 14.8. The molecule has 6 heteroatoms. The van der Waals surface area contributed by atoms with Crippen LogP contribution < -0.4 is 5.32 Å². The van der Waals surface area contributed by atoms with Crippen molar-refractivity contribution in [2.75, 3.05) is 45.9 Å². The highest BCUT2D eigenvalue weighted by atomic mass is 16.5. The molecule has 1 aromatic carbocycles. The van der Waals surface area contributed by atoms with Crippen molar-refractivity contribution < 1.29 is 14.3 Å². The number of ether oxygens (including phenoxy) is 1. The van der Waals surface area contributed by atoms with Crippen molar-refractivity contribution in [3.05, 3.63) is 35.9 Å². The van der Waals surface area contributed by atoms with Gasteiger partial charge in [0.15, 0.2) is 0 Å². The van der Waals surface area contributed by atoms with Crippen molar-refractivity contribution in [2.45, 2.75) is 19.4 Å². The van der Waals surface area contributed by atoms with Crippen LogP contribution in [0.25, 0.3) is 0 Å². The Hall–Kier alpha value is -1.92. The molecule has 2 heterocycles. The number of rotatable bonds is 6. The first-order chi connectivity index (χ1) is 12.1. The van der Waals surface area contributed by atoms with Crippen LogP contribution in [-0.2, 0) is 14.3 Å². The topological polar surface area (TPSA) is 61.9 Å². The molecule has 25 heavy (non-hydrogen) atoms. The third-order valence-corrected chi connectivity index (χ3v) is 5.03. The fourth-order valence-corrected chi connectivity index (χ4v) is 3.41. The zero-order chi connectivity index (χ0) is 17.6. The lowest BCUT2D eigenvalue weighted by Gasteiger charge is -2.28. The molecule has 136 valence electrons. The van der Waals surface area contributed by atoms with Crippen molar-refractivity contribution in [2.24, 2.45) is 5.92 Å². The first-order valence-corrected chi connectivity index (χ1v) is 9.06. The van der Waals surface area contributed by atoms with Crippen LogP contribution in [-0.4, -0.2) is 67.6 Å². The first-order valence-electron chi connectivity index (χ1n) is 9.06. The highest BCUT2D eigenvalue weighted by molar-refractivity contribution is 5.89. The van der Waals surface area contributed by atoms with Crippen molar-refractivity contribution in [3.8, 4) is 0 Å². The molecule has 2 aliphatic heterocycles. The maximum Gasteiger partial charge on any atom is 0.225 e. The van der Waals surface area contributed by atoms with Gasteiger partial charge < -0.3 is 15.0 Å². The summed E-state index contributed by atoms with van der Waals surface area (Å²) in [4.78, 5) is 28.9. The second-order valence-electron chi connectivity index (χ2n) is 6.84. The average Bonchev–Trinajstić information content (AvgIpc) is 3.02. The van der Waals surface area contributed by atoms with Crippen LogP contribution in [0.4, 0.5) is 0 Å². The van der Waals surface area contributed by atoms with Crippen molar-refractivity contribution >= 4 is 11.8 Å². The predicted molar refractivity (Wildman–Crippen MR) is 94.9 cm³/mol. The summed E-state index contributed by atoms with van der Waals surface area (Å²) in [7, 11) is 0. The summed E-state index contributed by atoms with van der Waals surface area (Å²) in [6.07, 6.45) is 0.316. The van der Waals surface area contributed by atoms with Crippen molar-refractivity contribution in [1.82, 2.24) is 15.1 Å². The van der Waals surface area contributed by atoms with Gasteiger partial charge >= 0.3 is 0 Å². The Labute approximate surface area is 149 Å². The van der Waals surface area contributed by atoms with Gasteiger partial charge in [-0.3, -0.25) is 14.5 Å². The van der Waals surface area contributed by atoms with Gasteiger partial charge in [-0.25, -0.2) is 0 Å². The lowest BCUT2D eigenvalue weighted by Crippen LogP contribution is -2.42. The predicted octanol–water partition coefficient (Wildman–Crippen LogP) is 1.04. The van der Waals surface area contributed by atoms with Gasteiger partial charge in [-0.2, -0.15) is 0 Å². The van der Waals surface area contributed by atoms with Crippen LogP contribution in [0.2, 0.25) is 0 Å². The first kappa shape index (κ1) is 17.9. The van der Waals surface area contributed by atoms with E-state index in [9.17, 15) is 9.59 Å². The monoisotopic (exact) mass is 345 g/mol. The molecule has 0 bridgehead atoms. The smallest absolute Gasteiger partial charge is 0.225 e. The van der Waals surface area contributed by atoms with Crippen LogP contribution in [0, 0.1) is 5.92 Å². The van der Waals surface area contributed by atoms with E-state index >= 15 is 0 Å². The Morgan fingerprint density at radius 2 is 1.96 bits per heavy atom. The molecule has 6 nitrogen and oxygen atoms in total. The molecular formula is C19H27N3O3. The molecule has 2 unspecified atom stereocenters. The quantitative estimate of drug-likeness (QED) is 0.837. The third kappa shape index (κ3) is 4.80. The molecule has 1 N–H and O–H groups in total. The van der Waals surface area contributed by atoms with Gasteiger partial charge in [0.05, 0.1) is 25.2 Å². The van der Waals surface area contributed by atoms with Gasteiger partial charge in [-0.15, -0.1) is 0 Å². The maximum absolute atomic E-state index is 12.5. The number of benzene rings is 1. The van der Waals surface area contributed by atoms with Crippen LogP contribution in [0.5, 0.6) is 0 Å². The molecule has 1 aromatic rings. The van der Waals surface area contributed by atoms with Crippen LogP contribution >= 0.6 is 0 Å². The fourth-order valence-electron chi connectivity index (χ4n) is 3.41. The molecule has 2 atom stereocenters. The Balaban J connectivity index is 1.47. The van der Waals surface area contributed by atoms with Crippen molar-refractivity contribution in [1.29, 1.82) is 0 Å². The number of hydrogen-bond acceptors (Lipinski definition) is 4. The van der Waals surface area contributed by atoms with Crippen LogP contribution in [0.1, 0.15) is 24.9 Å². The molecular weight excluding hydrogens is 318 g/mol. The molecule has 0 aliphatic carbocycles. The minimum Gasteiger partial charge on any atom is -0.379 e. The summed E-state index contributed by atoms with van der Waals surface area (Å²) in [5.41, 5.74) is 1.07. The molecule has 2 aliphatic rings. The average molecular weight is 345 g/mol. The maximum atomic E-state index is 12.5. The molecule has 0 aromatic heterocycles. The van der Waals surface area contributed by atoms with E-state index in [1.807, 2.05) is 42.2 Å². The van der Waals surface area contributed by atoms with Gasteiger partial charge in [-0.1, -0.05) is 30.3 Å². The molecule has 0 radical (unpaired) electrons. The van der Waals surface area contributed by atoms with Crippen LogP contribution in [0.3, 0.4) is 0 Å². The number of nitrogens with one attached hydrogen (secondary N) is 1. The minimum absolute atomic E-state index is 0.0291. The summed E-state index contributed by atoms with van der Waals surface area (Å²) < 4.78 is 5.34. The van der Waals surface area contributed by atoms with E-state index in [0.717, 1.165) is 38.4 Å². The highest BCUT2D eigenvalue weighted by Crippen LogP contribution is 2.20. The number of nitrogens with zero attached hydrogens (tertiary/aromatic N) is 2. The summed E-state index contributed by atoms with van der Waals surface area (Å²) >= 11 is 0. The Morgan fingerprint density at radius 3 is 2.68 bits per heavy atom. The van der Waals surface area contributed by atoms with Gasteiger partial charge in [0.1, 0.15) is 0 Å². The normalized spacial score (nSPS) is 22.8. The van der Waals surface area contributed by atoms with Gasteiger partial charge in [0.25, 0.3) is 0 Å². The van der Waals surface area contributed by atoms with E-state index in [-0.39, 0.29) is 23.8 Å². The number of likely N-dealkylation sites (tertiary alicyclic amines) is 1. The standard InChI is InChI=1S/C19H27N3O3/c1-15(16-5-3-2-4-6-16)20-19(24)17-13-18(23)22(14-17)8-7-21-9-11-25-12-10-21/h2-6,15,17H,7-14H2,1H3,(H,20,24). The van der Waals surface area contributed by atoms with E-state index in [4.69, 9.17) is 4.74 Å². The number of carbonyl (C=O) groups is 2. The van der Waals surface area contributed by atoms with E-state index in [1.54, 1.807) is 0 Å². The number of hydrogen-bond donors (Lipinski definition) is 1. The van der Waals surface area contributed by atoms with E-state index in [1.165, 1.54) is 0 Å². The van der Waals surface area contributed by atoms with Gasteiger partial charge in [0.2, 0.25) is 11.8 Å². The number of carbonyl (C=O) groups excluding carboxylic acids is 2. The Kier molecular flexibility index (Phi) is 6.04. The van der Waals surface area contributed by atoms with E-state index in [0.29, 0.717) is 19.5 Å². The molecule has 2 amide bonds. The van der Waals surface area contributed by atoms with Crippen molar-refractivity contribution in [3.63, 3.8) is 0 Å². The van der Waals surface area contributed by atoms with Crippen LogP contribution in [0.15, 0.2) is 30.3 Å². The number of amides is 2. The molecule has 0 saturated carbocycles. The highest BCUT2D eigenvalue weighted by Gasteiger charge is 2.34. The Morgan fingerprint density at radius 1 is 1.24 bits per heavy atom. The third-order valence-electron chi connectivity index (χ3n) is 5.03. The second-order valence-corrected chi connectivity index (χ2v) is 6.84. The van der Waals surface area contributed by atoms with E-state index < -0.39 is 0 Å². The Bertz CT molecular complexity index is 587. The summed E-state index contributed by atoms with van der Waals surface area (Å²) in [5, 5.41) is 3.04. The van der Waals surface area contributed by atoms with Gasteiger partial charge in [0, 0.05) is 39.1 Å². The zero-order valence-corrected chi connectivity index (χ0v) is 14.8. The SMILES string of the molecule is CC(NC(=O)C1CC(=O)N(CCN2CCOCC2)C1)c1ccccc1. The molecule has 2 fully saturated rings. The largest absolute Gasteiger partial charge is 0.379 e. The molecule has 3 rings (SSSR count). The minimum atomic E-state index is -0.247. The second kappa shape index (κ2) is 8.45. The summed E-state index contributed by atoms with van der Waals surface area (Å²) in [6.45, 7) is 7.39. The lowest BCUT2D eigenvalue weighted by molar-refractivity contribution is -0.129.